The Kier molecular flexibility index (Phi) is 6.29. The summed E-state index contributed by atoms with van der Waals surface area (Å²) in [6.07, 6.45) is 0. The Hall–Kier alpha value is -1.13. The topological polar surface area (TPSA) is 83.5 Å². The number of halogens is 3. The van der Waals surface area contributed by atoms with Gasteiger partial charge in [0.25, 0.3) is 0 Å². The molecule has 0 heterocycles. The zero-order valence-electron chi connectivity index (χ0n) is 9.28. The minimum absolute atomic E-state index is 0. The summed E-state index contributed by atoms with van der Waals surface area (Å²) in [5, 5.41) is 1.07. The van der Waals surface area contributed by atoms with E-state index in [0.717, 1.165) is 11.1 Å². The molecule has 0 amide bonds. The van der Waals surface area contributed by atoms with Crippen LogP contribution in [0.1, 0.15) is 0 Å². The Morgan fingerprint density at radius 1 is 0.722 bits per heavy atom. The smallest absolute Gasteiger partial charge is 0.0641 e. The van der Waals surface area contributed by atoms with E-state index in [-0.39, 0.29) is 17.9 Å². The van der Waals surface area contributed by atoms with Crippen molar-refractivity contribution in [2.75, 3.05) is 11.5 Å². The number of anilines is 2. The summed E-state index contributed by atoms with van der Waals surface area (Å²) in [6, 6.07) is 10.9. The Morgan fingerprint density at radius 2 is 1.06 bits per heavy atom. The van der Waals surface area contributed by atoms with Crippen molar-refractivity contribution >= 4 is 47.0 Å². The van der Waals surface area contributed by atoms with Crippen molar-refractivity contribution in [2.45, 2.75) is 0 Å². The fourth-order valence-electron chi connectivity index (χ4n) is 1.41. The van der Waals surface area contributed by atoms with Gasteiger partial charge in [-0.3, -0.25) is 0 Å². The highest BCUT2D eigenvalue weighted by molar-refractivity contribution is 6.34. The van der Waals surface area contributed by atoms with Crippen LogP contribution >= 0.6 is 35.6 Å². The first kappa shape index (κ1) is 16.9. The van der Waals surface area contributed by atoms with Crippen LogP contribution in [0.4, 0.5) is 11.4 Å². The molecule has 2 aromatic carbocycles. The average Bonchev–Trinajstić information content (AvgIpc) is 2.26. The Labute approximate surface area is 121 Å². The van der Waals surface area contributed by atoms with E-state index in [4.69, 9.17) is 34.7 Å². The van der Waals surface area contributed by atoms with Gasteiger partial charge in [-0.25, -0.2) is 0 Å². The molecule has 0 aliphatic rings. The van der Waals surface area contributed by atoms with E-state index in [1.165, 1.54) is 0 Å². The quantitative estimate of drug-likeness (QED) is 0.791. The second-order valence-corrected chi connectivity index (χ2v) is 4.29. The monoisotopic (exact) mass is 306 g/mol. The summed E-state index contributed by atoms with van der Waals surface area (Å²) in [4.78, 5) is 0. The highest BCUT2D eigenvalue weighted by Crippen LogP contribution is 2.30. The van der Waals surface area contributed by atoms with E-state index in [2.05, 4.69) is 0 Å². The molecule has 0 bridgehead atoms. The lowest BCUT2D eigenvalue weighted by molar-refractivity contribution is 0.824. The summed E-state index contributed by atoms with van der Waals surface area (Å²) >= 11 is 11.9. The normalized spacial score (nSPS) is 9.22. The third kappa shape index (κ3) is 3.43. The zero-order valence-corrected chi connectivity index (χ0v) is 11.6. The number of hydrogen-bond donors (Lipinski definition) is 2. The lowest BCUT2D eigenvalue weighted by Crippen LogP contribution is -1.88. The molecule has 2 rings (SSSR count). The van der Waals surface area contributed by atoms with Crippen molar-refractivity contribution in [2.24, 2.45) is 0 Å². The van der Waals surface area contributed by atoms with E-state index in [1.807, 2.05) is 12.1 Å². The van der Waals surface area contributed by atoms with Gasteiger partial charge in [-0.1, -0.05) is 35.3 Å². The molecule has 0 spiro atoms. The van der Waals surface area contributed by atoms with Crippen molar-refractivity contribution in [1.82, 2.24) is 0 Å². The van der Waals surface area contributed by atoms with Crippen molar-refractivity contribution in [3.63, 3.8) is 0 Å². The number of benzene rings is 2. The molecule has 0 radical (unpaired) electrons. The Balaban J connectivity index is 0.00000144. The molecule has 0 saturated carbocycles. The average molecular weight is 308 g/mol. The predicted octanol–water partition coefficient (Wildman–Crippen LogP) is 3.42. The van der Waals surface area contributed by atoms with Gasteiger partial charge in [-0.2, -0.15) is 0 Å². The maximum Gasteiger partial charge on any atom is 0.0641 e. The summed E-state index contributed by atoms with van der Waals surface area (Å²) in [5.41, 5.74) is 14.3. The summed E-state index contributed by atoms with van der Waals surface area (Å²) < 4.78 is 0. The van der Waals surface area contributed by atoms with Crippen LogP contribution in [0.15, 0.2) is 36.4 Å². The predicted molar refractivity (Wildman–Crippen MR) is 81.6 cm³/mol. The van der Waals surface area contributed by atoms with Gasteiger partial charge >= 0.3 is 0 Å². The minimum atomic E-state index is 0. The lowest BCUT2D eigenvalue weighted by atomic mass is 10.1. The molecule has 6 heteroatoms. The fourth-order valence-corrected chi connectivity index (χ4v) is 1.77. The first-order valence-corrected chi connectivity index (χ1v) is 5.44. The minimum Gasteiger partial charge on any atom is -0.412 e. The first-order chi connectivity index (χ1) is 7.58. The third-order valence-electron chi connectivity index (χ3n) is 2.33. The van der Waals surface area contributed by atoms with Crippen LogP contribution in [0.5, 0.6) is 0 Å². The van der Waals surface area contributed by atoms with Gasteiger partial charge in [-0.05, 0) is 35.4 Å². The number of nitrogens with two attached hydrogens (primary N) is 2. The number of rotatable bonds is 1. The highest BCUT2D eigenvalue weighted by atomic mass is 35.5. The van der Waals surface area contributed by atoms with Gasteiger partial charge in [-0.15, -0.1) is 12.4 Å². The standard InChI is InChI=1S/C12H10Cl2N2.ClH.H2O/c13-9-5-7(1-3-11(9)15)8-2-4-12(16)10(14)6-8;;/h1-6H,15-16H2;1H;1H2. The van der Waals surface area contributed by atoms with E-state index in [1.54, 1.807) is 24.3 Å². The van der Waals surface area contributed by atoms with Crippen molar-refractivity contribution < 1.29 is 5.48 Å². The van der Waals surface area contributed by atoms with E-state index in [9.17, 15) is 0 Å². The van der Waals surface area contributed by atoms with Crippen LogP contribution in [0.2, 0.25) is 10.0 Å². The van der Waals surface area contributed by atoms with E-state index in [0.29, 0.717) is 21.4 Å². The second-order valence-electron chi connectivity index (χ2n) is 3.47. The molecule has 18 heavy (non-hydrogen) atoms. The van der Waals surface area contributed by atoms with Gasteiger partial charge in [0, 0.05) is 0 Å². The van der Waals surface area contributed by atoms with Crippen molar-refractivity contribution in [1.29, 1.82) is 0 Å². The summed E-state index contributed by atoms with van der Waals surface area (Å²) in [6.45, 7) is 0. The SMILES string of the molecule is Cl.Nc1ccc(-c2ccc(N)c(Cl)c2)cc1Cl.O. The van der Waals surface area contributed by atoms with Gasteiger partial charge < -0.3 is 16.9 Å². The molecule has 98 valence electrons. The maximum absolute atomic E-state index is 5.95. The number of hydrogen-bond acceptors (Lipinski definition) is 2. The van der Waals surface area contributed by atoms with Crippen molar-refractivity contribution in [3.8, 4) is 11.1 Å². The van der Waals surface area contributed by atoms with Crippen LogP contribution in [0.25, 0.3) is 11.1 Å². The van der Waals surface area contributed by atoms with Crippen molar-refractivity contribution in [3.05, 3.63) is 46.4 Å². The van der Waals surface area contributed by atoms with Gasteiger partial charge in [0.2, 0.25) is 0 Å². The number of nitrogen functional groups attached to an aromatic ring is 2. The molecule has 0 saturated heterocycles. The molecule has 2 aromatic rings. The van der Waals surface area contributed by atoms with Crippen LogP contribution in [0, 0.1) is 0 Å². The molecule has 3 nitrogen and oxygen atoms in total. The largest absolute Gasteiger partial charge is 0.412 e. The molecule has 0 aliphatic heterocycles. The van der Waals surface area contributed by atoms with E-state index >= 15 is 0 Å². The highest BCUT2D eigenvalue weighted by Gasteiger charge is 2.03. The molecule has 0 fully saturated rings. The Bertz CT molecular complexity index is 497. The fraction of sp³-hybridized carbons (Fsp3) is 0. The summed E-state index contributed by atoms with van der Waals surface area (Å²) in [5.74, 6) is 0. The van der Waals surface area contributed by atoms with Gasteiger partial charge in [0.05, 0.1) is 21.4 Å². The van der Waals surface area contributed by atoms with Crippen LogP contribution in [0.3, 0.4) is 0 Å². The molecule has 0 atom stereocenters. The second kappa shape index (κ2) is 6.71. The molecule has 0 unspecified atom stereocenters. The maximum atomic E-state index is 5.95. The zero-order chi connectivity index (χ0) is 11.7. The molecule has 0 aromatic heterocycles. The first-order valence-electron chi connectivity index (χ1n) is 4.68. The summed E-state index contributed by atoms with van der Waals surface area (Å²) in [7, 11) is 0. The van der Waals surface area contributed by atoms with Gasteiger partial charge in [0.15, 0.2) is 0 Å². The lowest BCUT2D eigenvalue weighted by Gasteiger charge is -2.06. The van der Waals surface area contributed by atoms with Crippen LogP contribution < -0.4 is 11.5 Å². The molecule has 0 aliphatic carbocycles. The Morgan fingerprint density at radius 3 is 1.33 bits per heavy atom. The third-order valence-corrected chi connectivity index (χ3v) is 2.99. The van der Waals surface area contributed by atoms with Crippen LogP contribution in [-0.4, -0.2) is 5.48 Å². The molecular weight excluding hydrogens is 295 g/mol. The molecule has 6 N–H and O–H groups in total. The van der Waals surface area contributed by atoms with Gasteiger partial charge in [0.1, 0.15) is 0 Å². The van der Waals surface area contributed by atoms with E-state index < -0.39 is 0 Å². The van der Waals surface area contributed by atoms with Crippen LogP contribution in [-0.2, 0) is 0 Å². The molecular formula is C12H13Cl3N2O.